The van der Waals surface area contributed by atoms with Gasteiger partial charge < -0.3 is 10.2 Å². The predicted molar refractivity (Wildman–Crippen MR) is 76.6 cm³/mol. The van der Waals surface area contributed by atoms with Crippen molar-refractivity contribution in [2.24, 2.45) is 0 Å². The maximum atomic E-state index is 12.2. The molecule has 0 unspecified atom stereocenters. The third-order valence-corrected chi connectivity index (χ3v) is 3.41. The van der Waals surface area contributed by atoms with Crippen LogP contribution in [0.3, 0.4) is 0 Å². The Labute approximate surface area is 119 Å². The lowest BCUT2D eigenvalue weighted by molar-refractivity contribution is 0.0787. The van der Waals surface area contributed by atoms with Gasteiger partial charge in [-0.25, -0.2) is 4.98 Å². The minimum absolute atomic E-state index is 0.0780. The second-order valence-corrected chi connectivity index (χ2v) is 5.02. The summed E-state index contributed by atoms with van der Waals surface area (Å²) in [5.74, 6) is -0.291. The molecule has 0 atom stereocenters. The maximum Gasteiger partial charge on any atom is 0.272 e. The van der Waals surface area contributed by atoms with Gasteiger partial charge in [-0.05, 0) is 31.4 Å². The molecule has 0 spiro atoms. The van der Waals surface area contributed by atoms with Gasteiger partial charge in [-0.3, -0.25) is 9.59 Å². The van der Waals surface area contributed by atoms with Crippen molar-refractivity contribution in [3.8, 4) is 0 Å². The Morgan fingerprint density at radius 1 is 1.25 bits per heavy atom. The first kappa shape index (κ1) is 14.5. The third kappa shape index (κ3) is 3.56. The van der Waals surface area contributed by atoms with Gasteiger partial charge in [0.1, 0.15) is 11.4 Å². The second kappa shape index (κ2) is 7.03. The van der Waals surface area contributed by atoms with Gasteiger partial charge in [-0.15, -0.1) is 0 Å². The molecule has 1 saturated heterocycles. The monoisotopic (exact) mass is 275 g/mol. The minimum atomic E-state index is -0.213. The summed E-state index contributed by atoms with van der Waals surface area (Å²) in [6, 6.07) is 5.02. The Kier molecular flexibility index (Phi) is 5.09. The maximum absolute atomic E-state index is 12.2. The molecule has 2 rings (SSSR count). The van der Waals surface area contributed by atoms with Gasteiger partial charge in [0, 0.05) is 19.6 Å². The standard InChI is InChI=1S/C15H21N3O2/c1-2-3-9-16-14(19)12-7-6-8-13(17-12)15(20)18-10-4-5-11-18/h6-8H,2-5,9-11H2,1H3,(H,16,19). The largest absolute Gasteiger partial charge is 0.351 e. The summed E-state index contributed by atoms with van der Waals surface area (Å²) < 4.78 is 0. The number of amides is 2. The summed E-state index contributed by atoms with van der Waals surface area (Å²) in [5.41, 5.74) is 0.668. The SMILES string of the molecule is CCCCNC(=O)c1cccc(C(=O)N2CCCC2)n1. The Morgan fingerprint density at radius 2 is 1.95 bits per heavy atom. The molecule has 0 bridgehead atoms. The van der Waals surface area contributed by atoms with Crippen molar-refractivity contribution >= 4 is 11.8 Å². The van der Waals surface area contributed by atoms with E-state index in [0.717, 1.165) is 38.8 Å². The van der Waals surface area contributed by atoms with Crippen LogP contribution in [0.15, 0.2) is 18.2 Å². The van der Waals surface area contributed by atoms with Crippen molar-refractivity contribution in [1.82, 2.24) is 15.2 Å². The number of nitrogens with one attached hydrogen (secondary N) is 1. The van der Waals surface area contributed by atoms with Crippen molar-refractivity contribution in [1.29, 1.82) is 0 Å². The molecular formula is C15H21N3O2. The van der Waals surface area contributed by atoms with Crippen molar-refractivity contribution < 1.29 is 9.59 Å². The van der Waals surface area contributed by atoms with E-state index in [4.69, 9.17) is 0 Å². The molecule has 1 N–H and O–H groups in total. The van der Waals surface area contributed by atoms with Gasteiger partial charge in [0.15, 0.2) is 0 Å². The summed E-state index contributed by atoms with van der Waals surface area (Å²) in [7, 11) is 0. The zero-order chi connectivity index (χ0) is 14.4. The van der Waals surface area contributed by atoms with Crippen LogP contribution in [0.2, 0.25) is 0 Å². The van der Waals surface area contributed by atoms with Crippen molar-refractivity contribution in [2.45, 2.75) is 32.6 Å². The number of carbonyl (C=O) groups excluding carboxylic acids is 2. The fourth-order valence-electron chi connectivity index (χ4n) is 2.23. The van der Waals surface area contributed by atoms with Crippen molar-refractivity contribution in [3.63, 3.8) is 0 Å². The Morgan fingerprint density at radius 3 is 2.65 bits per heavy atom. The third-order valence-electron chi connectivity index (χ3n) is 3.41. The first-order valence-corrected chi connectivity index (χ1v) is 7.27. The van der Waals surface area contributed by atoms with Crippen LogP contribution in [-0.2, 0) is 0 Å². The number of rotatable bonds is 5. The van der Waals surface area contributed by atoms with E-state index in [9.17, 15) is 9.59 Å². The van der Waals surface area contributed by atoms with E-state index in [1.54, 1.807) is 23.1 Å². The Balaban J connectivity index is 2.03. The lowest BCUT2D eigenvalue weighted by Crippen LogP contribution is -2.30. The molecule has 1 aliphatic rings. The molecule has 5 nitrogen and oxygen atoms in total. The molecule has 2 amide bonds. The summed E-state index contributed by atoms with van der Waals surface area (Å²) in [4.78, 5) is 30.1. The van der Waals surface area contributed by atoms with E-state index in [1.807, 2.05) is 0 Å². The zero-order valence-corrected chi connectivity index (χ0v) is 11.9. The van der Waals surface area contributed by atoms with E-state index in [1.165, 1.54) is 0 Å². The van der Waals surface area contributed by atoms with Crippen LogP contribution in [0, 0.1) is 0 Å². The smallest absolute Gasteiger partial charge is 0.272 e. The number of hydrogen-bond acceptors (Lipinski definition) is 3. The van der Waals surface area contributed by atoms with Crippen LogP contribution in [0.4, 0.5) is 0 Å². The normalized spacial score (nSPS) is 14.3. The van der Waals surface area contributed by atoms with Gasteiger partial charge in [0.25, 0.3) is 11.8 Å². The fourth-order valence-corrected chi connectivity index (χ4v) is 2.23. The van der Waals surface area contributed by atoms with Gasteiger partial charge >= 0.3 is 0 Å². The number of aromatic nitrogens is 1. The van der Waals surface area contributed by atoms with E-state index in [0.29, 0.717) is 17.9 Å². The van der Waals surface area contributed by atoms with Crippen molar-refractivity contribution in [3.05, 3.63) is 29.6 Å². The van der Waals surface area contributed by atoms with E-state index >= 15 is 0 Å². The summed E-state index contributed by atoms with van der Waals surface area (Å²) >= 11 is 0. The topological polar surface area (TPSA) is 62.3 Å². The Bertz CT molecular complexity index is 482. The van der Waals surface area contributed by atoms with Gasteiger partial charge in [0.05, 0.1) is 0 Å². The van der Waals surface area contributed by atoms with Crippen LogP contribution < -0.4 is 5.32 Å². The van der Waals surface area contributed by atoms with Crippen LogP contribution in [0.25, 0.3) is 0 Å². The molecule has 108 valence electrons. The number of carbonyl (C=O) groups is 2. The quantitative estimate of drug-likeness (QED) is 0.834. The van der Waals surface area contributed by atoms with Crippen LogP contribution in [0.5, 0.6) is 0 Å². The number of hydrogen-bond donors (Lipinski definition) is 1. The van der Waals surface area contributed by atoms with Gasteiger partial charge in [-0.2, -0.15) is 0 Å². The minimum Gasteiger partial charge on any atom is -0.351 e. The molecule has 1 aromatic heterocycles. The van der Waals surface area contributed by atoms with E-state index in [2.05, 4.69) is 17.2 Å². The number of pyridine rings is 1. The highest BCUT2D eigenvalue weighted by Crippen LogP contribution is 2.11. The predicted octanol–water partition coefficient (Wildman–Crippen LogP) is 1.85. The van der Waals surface area contributed by atoms with Gasteiger partial charge in [0.2, 0.25) is 0 Å². The lowest BCUT2D eigenvalue weighted by Gasteiger charge is -2.14. The molecule has 5 heteroatoms. The average molecular weight is 275 g/mol. The highest BCUT2D eigenvalue weighted by molar-refractivity contribution is 5.96. The molecule has 20 heavy (non-hydrogen) atoms. The molecule has 0 radical (unpaired) electrons. The molecule has 2 heterocycles. The molecule has 1 aliphatic heterocycles. The summed E-state index contributed by atoms with van der Waals surface area (Å²) in [6.45, 7) is 4.28. The van der Waals surface area contributed by atoms with Crippen LogP contribution in [0.1, 0.15) is 53.6 Å². The summed E-state index contributed by atoms with van der Waals surface area (Å²) in [6.07, 6.45) is 4.06. The first-order valence-electron chi connectivity index (χ1n) is 7.27. The van der Waals surface area contributed by atoms with E-state index < -0.39 is 0 Å². The molecular weight excluding hydrogens is 254 g/mol. The fraction of sp³-hybridized carbons (Fsp3) is 0.533. The van der Waals surface area contributed by atoms with Gasteiger partial charge in [-0.1, -0.05) is 19.4 Å². The second-order valence-electron chi connectivity index (χ2n) is 5.02. The molecule has 1 fully saturated rings. The van der Waals surface area contributed by atoms with Crippen molar-refractivity contribution in [2.75, 3.05) is 19.6 Å². The zero-order valence-electron chi connectivity index (χ0n) is 11.9. The lowest BCUT2D eigenvalue weighted by atomic mass is 10.2. The number of unbranched alkanes of at least 4 members (excludes halogenated alkanes) is 1. The molecule has 0 aromatic carbocycles. The summed E-state index contributed by atoms with van der Waals surface area (Å²) in [5, 5.41) is 2.81. The van der Waals surface area contributed by atoms with E-state index in [-0.39, 0.29) is 11.8 Å². The van der Waals surface area contributed by atoms with Crippen LogP contribution in [-0.4, -0.2) is 41.3 Å². The number of likely N-dealkylation sites (tertiary alicyclic amines) is 1. The average Bonchev–Trinajstić information content (AvgIpc) is 3.01. The first-order chi connectivity index (χ1) is 9.72. The Hall–Kier alpha value is -1.91. The molecule has 0 saturated carbocycles. The highest BCUT2D eigenvalue weighted by Gasteiger charge is 2.21. The number of nitrogens with zero attached hydrogens (tertiary/aromatic N) is 2. The van der Waals surface area contributed by atoms with Crippen LogP contribution >= 0.6 is 0 Å². The molecule has 0 aliphatic carbocycles. The molecule has 1 aromatic rings. The highest BCUT2D eigenvalue weighted by atomic mass is 16.2.